The number of carbonyl (C=O) groups is 1. The minimum Gasteiger partial charge on any atom is -0.508 e. The van der Waals surface area contributed by atoms with Crippen LogP contribution in [0.4, 0.5) is 0 Å². The number of aryl methyl sites for hydroxylation is 1. The lowest BCUT2D eigenvalue weighted by Crippen LogP contribution is -2.23. The van der Waals surface area contributed by atoms with Gasteiger partial charge in [-0.25, -0.2) is 4.68 Å². The Labute approximate surface area is 116 Å². The van der Waals surface area contributed by atoms with Crippen LogP contribution in [0.5, 0.6) is 5.75 Å². The van der Waals surface area contributed by atoms with Gasteiger partial charge in [0.15, 0.2) is 0 Å². The summed E-state index contributed by atoms with van der Waals surface area (Å²) in [6, 6.07) is 6.87. The number of phenols is 1. The van der Waals surface area contributed by atoms with Gasteiger partial charge < -0.3 is 10.2 Å². The molecule has 0 radical (unpaired) electrons. The Morgan fingerprint density at radius 1 is 1.35 bits per heavy atom. The first-order valence-corrected chi connectivity index (χ1v) is 6.66. The van der Waals surface area contributed by atoms with Crippen LogP contribution in [0.2, 0.25) is 0 Å². The van der Waals surface area contributed by atoms with Gasteiger partial charge in [-0.2, -0.15) is 5.10 Å². The van der Waals surface area contributed by atoms with Crippen LogP contribution in [0.3, 0.4) is 0 Å². The second-order valence-corrected chi connectivity index (χ2v) is 5.22. The third kappa shape index (κ3) is 2.05. The summed E-state index contributed by atoms with van der Waals surface area (Å²) in [6.07, 6.45) is 1.91. The van der Waals surface area contributed by atoms with Gasteiger partial charge in [0, 0.05) is 5.69 Å². The molecule has 0 bridgehead atoms. The highest BCUT2D eigenvalue weighted by molar-refractivity contribution is 5.71. The fraction of sp³-hybridized carbons (Fsp3) is 0.333. The number of rotatable bonds is 2. The van der Waals surface area contributed by atoms with E-state index in [1.54, 1.807) is 12.1 Å². The molecule has 1 heterocycles. The van der Waals surface area contributed by atoms with Crippen molar-refractivity contribution in [1.29, 1.82) is 0 Å². The number of benzene rings is 1. The smallest absolute Gasteiger partial charge is 0.306 e. The minimum atomic E-state index is -0.729. The predicted octanol–water partition coefficient (Wildman–Crippen LogP) is 2.08. The second kappa shape index (κ2) is 4.67. The van der Waals surface area contributed by atoms with Crippen LogP contribution >= 0.6 is 0 Å². The van der Waals surface area contributed by atoms with Crippen molar-refractivity contribution in [1.82, 2.24) is 9.78 Å². The lowest BCUT2D eigenvalue weighted by atomic mass is 9.86. The number of hydrogen-bond acceptors (Lipinski definition) is 3. The lowest BCUT2D eigenvalue weighted by molar-refractivity contribution is -0.142. The average Bonchev–Trinajstić information content (AvgIpc) is 2.76. The van der Waals surface area contributed by atoms with Crippen LogP contribution in [-0.4, -0.2) is 26.0 Å². The molecule has 2 aromatic rings. The Kier molecular flexibility index (Phi) is 2.97. The van der Waals surface area contributed by atoms with Crippen molar-refractivity contribution in [3.63, 3.8) is 0 Å². The Morgan fingerprint density at radius 2 is 2.05 bits per heavy atom. The van der Waals surface area contributed by atoms with E-state index in [-0.39, 0.29) is 11.7 Å². The molecule has 1 aromatic heterocycles. The normalized spacial score (nSPS) is 17.8. The predicted molar refractivity (Wildman–Crippen MR) is 73.1 cm³/mol. The van der Waals surface area contributed by atoms with E-state index in [4.69, 9.17) is 5.11 Å². The molecule has 1 aliphatic carbocycles. The van der Waals surface area contributed by atoms with E-state index < -0.39 is 5.97 Å². The topological polar surface area (TPSA) is 75.3 Å². The quantitative estimate of drug-likeness (QED) is 0.877. The van der Waals surface area contributed by atoms with E-state index in [0.717, 1.165) is 22.6 Å². The summed E-state index contributed by atoms with van der Waals surface area (Å²) < 4.78 is 1.86. The van der Waals surface area contributed by atoms with Gasteiger partial charge >= 0.3 is 5.97 Å². The van der Waals surface area contributed by atoms with Gasteiger partial charge in [0.25, 0.3) is 0 Å². The Balaban J connectivity index is 2.02. The van der Waals surface area contributed by atoms with Crippen LogP contribution in [0, 0.1) is 12.8 Å². The number of phenolic OH excluding ortho intramolecular Hbond substituents is 1. The fourth-order valence-corrected chi connectivity index (χ4v) is 2.81. The minimum absolute atomic E-state index is 0.220. The van der Waals surface area contributed by atoms with Gasteiger partial charge in [0.2, 0.25) is 0 Å². The number of aliphatic carboxylic acids is 1. The molecule has 0 saturated heterocycles. The zero-order valence-electron chi connectivity index (χ0n) is 11.2. The Morgan fingerprint density at radius 3 is 2.70 bits per heavy atom. The molecular formula is C15H16N2O3. The molecule has 1 atom stereocenters. The van der Waals surface area contributed by atoms with Crippen LogP contribution in [0.1, 0.15) is 23.4 Å². The van der Waals surface area contributed by atoms with Crippen LogP contribution in [0.25, 0.3) is 5.69 Å². The summed E-state index contributed by atoms with van der Waals surface area (Å²) in [7, 11) is 0. The number of carboxylic acid groups (broad SMARTS) is 1. The van der Waals surface area contributed by atoms with Gasteiger partial charge in [0.1, 0.15) is 5.75 Å². The van der Waals surface area contributed by atoms with Crippen LogP contribution < -0.4 is 0 Å². The molecular weight excluding hydrogens is 256 g/mol. The van der Waals surface area contributed by atoms with Crippen molar-refractivity contribution in [3.8, 4) is 11.4 Å². The first kappa shape index (κ1) is 12.7. The van der Waals surface area contributed by atoms with Crippen molar-refractivity contribution < 1.29 is 15.0 Å². The number of aromatic nitrogens is 2. The van der Waals surface area contributed by atoms with Crippen molar-refractivity contribution >= 4 is 5.97 Å². The average molecular weight is 272 g/mol. The van der Waals surface area contributed by atoms with Gasteiger partial charge in [0.05, 0.1) is 17.3 Å². The van der Waals surface area contributed by atoms with Crippen LogP contribution in [-0.2, 0) is 17.6 Å². The maximum absolute atomic E-state index is 11.1. The van der Waals surface area contributed by atoms with Crippen molar-refractivity contribution in [3.05, 3.63) is 41.2 Å². The van der Waals surface area contributed by atoms with E-state index in [1.165, 1.54) is 0 Å². The molecule has 0 saturated carbocycles. The molecule has 1 unspecified atom stereocenters. The molecule has 2 N–H and O–H groups in total. The third-order valence-corrected chi connectivity index (χ3v) is 3.91. The third-order valence-electron chi connectivity index (χ3n) is 3.91. The second-order valence-electron chi connectivity index (χ2n) is 5.22. The lowest BCUT2D eigenvalue weighted by Gasteiger charge is -2.20. The molecule has 1 aromatic carbocycles. The zero-order valence-corrected chi connectivity index (χ0v) is 11.2. The van der Waals surface area contributed by atoms with E-state index in [1.807, 2.05) is 23.7 Å². The van der Waals surface area contributed by atoms with Gasteiger partial charge in [-0.1, -0.05) is 0 Å². The Bertz CT molecular complexity index is 659. The maximum Gasteiger partial charge on any atom is 0.306 e. The molecule has 0 amide bonds. The highest BCUT2D eigenvalue weighted by Crippen LogP contribution is 2.30. The summed E-state index contributed by atoms with van der Waals surface area (Å²) in [5.41, 5.74) is 3.92. The molecule has 0 aliphatic heterocycles. The van der Waals surface area contributed by atoms with E-state index in [2.05, 4.69) is 5.10 Å². The van der Waals surface area contributed by atoms with Crippen molar-refractivity contribution in [2.75, 3.05) is 0 Å². The number of nitrogens with zero attached hydrogens (tertiary/aromatic N) is 2. The molecule has 20 heavy (non-hydrogen) atoms. The van der Waals surface area contributed by atoms with Crippen molar-refractivity contribution in [2.24, 2.45) is 5.92 Å². The zero-order chi connectivity index (χ0) is 14.3. The molecule has 5 nitrogen and oxygen atoms in total. The fourth-order valence-electron chi connectivity index (χ4n) is 2.81. The number of hydrogen-bond donors (Lipinski definition) is 2. The number of carboxylic acids is 1. The first-order valence-electron chi connectivity index (χ1n) is 6.66. The van der Waals surface area contributed by atoms with Crippen molar-refractivity contribution in [2.45, 2.75) is 26.2 Å². The largest absolute Gasteiger partial charge is 0.508 e. The van der Waals surface area contributed by atoms with Gasteiger partial charge in [-0.3, -0.25) is 4.79 Å². The van der Waals surface area contributed by atoms with Gasteiger partial charge in [-0.15, -0.1) is 0 Å². The number of aromatic hydroxyl groups is 1. The molecule has 1 aliphatic rings. The maximum atomic E-state index is 11.1. The SMILES string of the molecule is Cc1nn(-c2ccc(O)cc2)c2c1CC(C(=O)O)CC2. The molecule has 5 heteroatoms. The summed E-state index contributed by atoms with van der Waals surface area (Å²) >= 11 is 0. The molecule has 104 valence electrons. The standard InChI is InChI=1S/C15H16N2O3/c1-9-13-8-10(15(19)20)2-7-14(13)17(16-9)11-3-5-12(18)6-4-11/h3-6,10,18H,2,7-8H2,1H3,(H,19,20). The Hall–Kier alpha value is -2.30. The molecule has 0 fully saturated rings. The van der Waals surface area contributed by atoms with E-state index >= 15 is 0 Å². The number of fused-ring (bicyclic) bond motifs is 1. The van der Waals surface area contributed by atoms with E-state index in [0.29, 0.717) is 19.3 Å². The summed E-state index contributed by atoms with van der Waals surface area (Å²) in [6.45, 7) is 1.92. The van der Waals surface area contributed by atoms with Crippen LogP contribution in [0.15, 0.2) is 24.3 Å². The van der Waals surface area contributed by atoms with E-state index in [9.17, 15) is 9.90 Å². The van der Waals surface area contributed by atoms with Gasteiger partial charge in [-0.05, 0) is 56.0 Å². The first-order chi connectivity index (χ1) is 9.56. The summed E-state index contributed by atoms with van der Waals surface area (Å²) in [5, 5.41) is 23.0. The monoisotopic (exact) mass is 272 g/mol. The summed E-state index contributed by atoms with van der Waals surface area (Å²) in [5.74, 6) is -0.816. The summed E-state index contributed by atoms with van der Waals surface area (Å²) in [4.78, 5) is 11.1. The highest BCUT2D eigenvalue weighted by atomic mass is 16.4. The highest BCUT2D eigenvalue weighted by Gasteiger charge is 2.29. The molecule has 0 spiro atoms. The molecule has 3 rings (SSSR count).